The first-order valence-electron chi connectivity index (χ1n) is 6.59. The Hall–Kier alpha value is -2.14. The average Bonchev–Trinajstić information content (AvgIpc) is 3.07. The number of H-pyrrole nitrogens is 1. The summed E-state index contributed by atoms with van der Waals surface area (Å²) in [5, 5.41) is 2.09. The summed E-state index contributed by atoms with van der Waals surface area (Å²) in [6.07, 6.45) is 0.790. The second-order valence-electron chi connectivity index (χ2n) is 4.70. The predicted octanol–water partition coefficient (Wildman–Crippen LogP) is 3.85. The van der Waals surface area contributed by atoms with Crippen molar-refractivity contribution >= 4 is 21.6 Å². The lowest BCUT2D eigenvalue weighted by Crippen LogP contribution is -1.97. The van der Waals surface area contributed by atoms with Crippen LogP contribution in [-0.4, -0.2) is 26.3 Å². The van der Waals surface area contributed by atoms with Gasteiger partial charge in [-0.25, -0.2) is 0 Å². The Labute approximate surface area is 127 Å². The van der Waals surface area contributed by atoms with Crippen molar-refractivity contribution in [2.45, 2.75) is 6.42 Å². The first-order chi connectivity index (χ1) is 10.2. The quantitative estimate of drug-likeness (QED) is 0.778. The van der Waals surface area contributed by atoms with Gasteiger partial charge in [-0.05, 0) is 35.2 Å². The second-order valence-corrected chi connectivity index (χ2v) is 5.65. The molecular formula is C16H17NO3S. The van der Waals surface area contributed by atoms with Crippen molar-refractivity contribution in [2.24, 2.45) is 0 Å². The number of aromatic amines is 1. The Morgan fingerprint density at radius 1 is 1.00 bits per heavy atom. The van der Waals surface area contributed by atoms with E-state index < -0.39 is 0 Å². The fourth-order valence-electron chi connectivity index (χ4n) is 2.46. The van der Waals surface area contributed by atoms with Crippen LogP contribution in [-0.2, 0) is 6.42 Å². The molecular weight excluding hydrogens is 286 g/mol. The molecule has 5 heteroatoms. The van der Waals surface area contributed by atoms with Crippen LogP contribution in [0, 0.1) is 0 Å². The lowest BCUT2D eigenvalue weighted by molar-refractivity contribution is 0.324. The molecule has 4 nitrogen and oxygen atoms in total. The van der Waals surface area contributed by atoms with E-state index in [0.29, 0.717) is 17.2 Å². The van der Waals surface area contributed by atoms with E-state index in [2.05, 4.69) is 22.5 Å². The van der Waals surface area contributed by atoms with Crippen LogP contribution in [0.2, 0.25) is 0 Å². The zero-order valence-electron chi connectivity index (χ0n) is 12.2. The van der Waals surface area contributed by atoms with E-state index in [1.165, 1.54) is 15.9 Å². The number of hydrogen-bond donors (Lipinski definition) is 1. The van der Waals surface area contributed by atoms with E-state index in [4.69, 9.17) is 14.2 Å². The number of ether oxygens (including phenoxy) is 3. The molecule has 0 bridgehead atoms. The van der Waals surface area contributed by atoms with E-state index in [1.54, 1.807) is 32.7 Å². The van der Waals surface area contributed by atoms with Gasteiger partial charge in [0.2, 0.25) is 5.75 Å². The summed E-state index contributed by atoms with van der Waals surface area (Å²) in [4.78, 5) is 3.43. The average molecular weight is 303 g/mol. The van der Waals surface area contributed by atoms with Crippen molar-refractivity contribution in [1.82, 2.24) is 4.98 Å². The smallest absolute Gasteiger partial charge is 0.203 e. The molecule has 2 heterocycles. The van der Waals surface area contributed by atoms with Gasteiger partial charge in [-0.2, -0.15) is 0 Å². The van der Waals surface area contributed by atoms with Crippen LogP contribution in [0.3, 0.4) is 0 Å². The van der Waals surface area contributed by atoms with Crippen LogP contribution in [0.25, 0.3) is 10.2 Å². The fourth-order valence-corrected chi connectivity index (χ4v) is 3.26. The third kappa shape index (κ3) is 2.56. The lowest BCUT2D eigenvalue weighted by Gasteiger charge is -2.13. The Bertz CT molecular complexity index is 706. The lowest BCUT2D eigenvalue weighted by atomic mass is 10.1. The molecule has 0 fully saturated rings. The molecule has 0 atom stereocenters. The number of nitrogens with one attached hydrogen (secondary N) is 1. The number of thiophene rings is 1. The van der Waals surface area contributed by atoms with E-state index in [-0.39, 0.29) is 0 Å². The molecule has 0 aliphatic carbocycles. The number of hydrogen-bond acceptors (Lipinski definition) is 4. The van der Waals surface area contributed by atoms with Gasteiger partial charge in [0.15, 0.2) is 11.5 Å². The number of fused-ring (bicyclic) bond motifs is 1. The van der Waals surface area contributed by atoms with Crippen molar-refractivity contribution in [1.29, 1.82) is 0 Å². The van der Waals surface area contributed by atoms with Crippen molar-refractivity contribution in [2.75, 3.05) is 21.3 Å². The highest BCUT2D eigenvalue weighted by Crippen LogP contribution is 2.38. The van der Waals surface area contributed by atoms with Crippen LogP contribution in [0.15, 0.2) is 29.6 Å². The molecule has 3 rings (SSSR count). The van der Waals surface area contributed by atoms with Gasteiger partial charge in [-0.3, -0.25) is 0 Å². The minimum Gasteiger partial charge on any atom is -0.493 e. The van der Waals surface area contributed by atoms with E-state index in [9.17, 15) is 0 Å². The second kappa shape index (κ2) is 5.69. The van der Waals surface area contributed by atoms with Gasteiger partial charge < -0.3 is 19.2 Å². The minimum absolute atomic E-state index is 0.621. The summed E-state index contributed by atoms with van der Waals surface area (Å²) in [6.45, 7) is 0. The standard InChI is InChI=1S/C16H17NO3S/c1-18-13-7-10(8-14(19-2)16(13)20-3)6-11-9-15-12(17-11)4-5-21-15/h4-5,7-9,17H,6H2,1-3H3. The number of benzene rings is 1. The maximum atomic E-state index is 5.39. The molecule has 21 heavy (non-hydrogen) atoms. The molecule has 0 saturated carbocycles. The molecule has 0 radical (unpaired) electrons. The highest BCUT2D eigenvalue weighted by molar-refractivity contribution is 7.17. The first-order valence-corrected chi connectivity index (χ1v) is 7.47. The molecule has 0 spiro atoms. The zero-order chi connectivity index (χ0) is 14.8. The normalized spacial score (nSPS) is 10.8. The van der Waals surface area contributed by atoms with Crippen LogP contribution in [0.1, 0.15) is 11.3 Å². The summed E-state index contributed by atoms with van der Waals surface area (Å²) in [7, 11) is 4.87. The topological polar surface area (TPSA) is 43.5 Å². The van der Waals surface area contributed by atoms with E-state index in [1.807, 2.05) is 12.1 Å². The van der Waals surface area contributed by atoms with Gasteiger partial charge in [-0.15, -0.1) is 11.3 Å². The molecule has 0 amide bonds. The summed E-state index contributed by atoms with van der Waals surface area (Å²) in [5.41, 5.74) is 3.46. The van der Waals surface area contributed by atoms with Gasteiger partial charge in [0.25, 0.3) is 0 Å². The SMILES string of the molecule is COc1cc(Cc2cc3sccc3[nH]2)cc(OC)c1OC. The highest BCUT2D eigenvalue weighted by Gasteiger charge is 2.14. The Kier molecular flexibility index (Phi) is 3.75. The fraction of sp³-hybridized carbons (Fsp3) is 0.250. The highest BCUT2D eigenvalue weighted by atomic mass is 32.1. The molecule has 2 aromatic heterocycles. The maximum absolute atomic E-state index is 5.39. The Balaban J connectivity index is 1.96. The van der Waals surface area contributed by atoms with E-state index in [0.717, 1.165) is 12.0 Å². The van der Waals surface area contributed by atoms with Gasteiger partial charge in [-0.1, -0.05) is 0 Å². The van der Waals surface area contributed by atoms with Crippen LogP contribution >= 0.6 is 11.3 Å². The number of methoxy groups -OCH3 is 3. The largest absolute Gasteiger partial charge is 0.493 e. The molecule has 110 valence electrons. The summed E-state index contributed by atoms with van der Waals surface area (Å²) < 4.78 is 17.4. The van der Waals surface area contributed by atoms with Crippen molar-refractivity contribution < 1.29 is 14.2 Å². The summed E-state index contributed by atoms with van der Waals surface area (Å²) >= 11 is 1.74. The van der Waals surface area contributed by atoms with Crippen LogP contribution in [0.4, 0.5) is 0 Å². The maximum Gasteiger partial charge on any atom is 0.203 e. The van der Waals surface area contributed by atoms with Gasteiger partial charge in [0, 0.05) is 12.1 Å². The van der Waals surface area contributed by atoms with Gasteiger partial charge in [0.1, 0.15) is 0 Å². The first kappa shape index (κ1) is 13.8. The molecule has 1 aromatic carbocycles. The van der Waals surface area contributed by atoms with Crippen molar-refractivity contribution in [3.8, 4) is 17.2 Å². The third-order valence-corrected chi connectivity index (χ3v) is 4.28. The molecule has 3 aromatic rings. The molecule has 0 aliphatic rings. The molecule has 0 unspecified atom stereocenters. The van der Waals surface area contributed by atoms with Crippen molar-refractivity contribution in [3.05, 3.63) is 40.9 Å². The van der Waals surface area contributed by atoms with Gasteiger partial charge >= 0.3 is 0 Å². The Morgan fingerprint density at radius 2 is 1.71 bits per heavy atom. The molecule has 0 aliphatic heterocycles. The number of aromatic nitrogens is 1. The summed E-state index contributed by atoms with van der Waals surface area (Å²) in [5.74, 6) is 1.98. The zero-order valence-corrected chi connectivity index (χ0v) is 13.0. The van der Waals surface area contributed by atoms with E-state index >= 15 is 0 Å². The summed E-state index contributed by atoms with van der Waals surface area (Å²) in [6, 6.07) is 8.24. The number of rotatable bonds is 5. The van der Waals surface area contributed by atoms with Crippen molar-refractivity contribution in [3.63, 3.8) is 0 Å². The predicted molar refractivity (Wildman–Crippen MR) is 85.1 cm³/mol. The van der Waals surface area contributed by atoms with Gasteiger partial charge in [0.05, 0.1) is 31.5 Å². The molecule has 1 N–H and O–H groups in total. The minimum atomic E-state index is 0.621. The monoisotopic (exact) mass is 303 g/mol. The Morgan fingerprint density at radius 3 is 2.29 bits per heavy atom. The third-order valence-electron chi connectivity index (χ3n) is 3.41. The van der Waals surface area contributed by atoms with Crippen LogP contribution in [0.5, 0.6) is 17.2 Å². The molecule has 0 saturated heterocycles. The van der Waals surface area contributed by atoms with Crippen LogP contribution < -0.4 is 14.2 Å².